The van der Waals surface area contributed by atoms with Gasteiger partial charge in [0.25, 0.3) is 0 Å². The molecule has 0 radical (unpaired) electrons. The first-order chi connectivity index (χ1) is 5.53. The molecule has 0 aromatic rings. The van der Waals surface area contributed by atoms with Gasteiger partial charge in [0.1, 0.15) is 5.60 Å². The molecule has 4 atom stereocenters. The molecule has 0 heterocycles. The summed E-state index contributed by atoms with van der Waals surface area (Å²) in [6.45, 7) is 6.26. The van der Waals surface area contributed by atoms with Crippen molar-refractivity contribution < 1.29 is 9.53 Å². The molecule has 68 valence electrons. The van der Waals surface area contributed by atoms with Crippen LogP contribution in [0.1, 0.15) is 33.6 Å². The molecule has 0 N–H and O–H groups in total. The zero-order valence-corrected chi connectivity index (χ0v) is 7.96. The van der Waals surface area contributed by atoms with E-state index in [0.29, 0.717) is 11.8 Å². The summed E-state index contributed by atoms with van der Waals surface area (Å²) in [6, 6.07) is 0. The SMILES string of the molecule is CC1CC1(C)OC(=O)[C@@H]1C[C@H]1C. The lowest BCUT2D eigenvalue weighted by Crippen LogP contribution is -2.19. The lowest BCUT2D eigenvalue weighted by Gasteiger charge is -2.11. The molecule has 2 fully saturated rings. The minimum absolute atomic E-state index is 0.0364. The number of carbonyl (C=O) groups is 1. The lowest BCUT2D eigenvalue weighted by molar-refractivity contribution is -0.152. The summed E-state index contributed by atoms with van der Waals surface area (Å²) >= 11 is 0. The molecule has 2 aliphatic carbocycles. The zero-order valence-electron chi connectivity index (χ0n) is 7.96. The van der Waals surface area contributed by atoms with E-state index in [2.05, 4.69) is 13.8 Å². The number of esters is 1. The average Bonchev–Trinajstić information content (AvgIpc) is 2.77. The third-order valence-electron chi connectivity index (χ3n) is 3.34. The van der Waals surface area contributed by atoms with Crippen molar-refractivity contribution in [3.05, 3.63) is 0 Å². The van der Waals surface area contributed by atoms with Gasteiger partial charge in [0, 0.05) is 0 Å². The van der Waals surface area contributed by atoms with E-state index >= 15 is 0 Å². The first-order valence-electron chi connectivity index (χ1n) is 4.76. The highest BCUT2D eigenvalue weighted by Crippen LogP contribution is 2.48. The van der Waals surface area contributed by atoms with Crippen molar-refractivity contribution in [1.82, 2.24) is 0 Å². The molecule has 0 saturated heterocycles. The molecule has 0 aromatic carbocycles. The van der Waals surface area contributed by atoms with Gasteiger partial charge in [-0.1, -0.05) is 13.8 Å². The Balaban J connectivity index is 1.84. The molecule has 2 nitrogen and oxygen atoms in total. The van der Waals surface area contributed by atoms with Crippen molar-refractivity contribution in [1.29, 1.82) is 0 Å². The highest BCUT2D eigenvalue weighted by atomic mass is 16.6. The molecular weight excluding hydrogens is 152 g/mol. The van der Waals surface area contributed by atoms with E-state index in [4.69, 9.17) is 4.74 Å². The van der Waals surface area contributed by atoms with Crippen LogP contribution in [-0.2, 0) is 9.53 Å². The van der Waals surface area contributed by atoms with Crippen LogP contribution in [0.25, 0.3) is 0 Å². The Bertz CT molecular complexity index is 224. The second kappa shape index (κ2) is 2.24. The number of rotatable bonds is 2. The minimum Gasteiger partial charge on any atom is -0.459 e. The molecule has 2 saturated carbocycles. The largest absolute Gasteiger partial charge is 0.459 e. The van der Waals surface area contributed by atoms with Gasteiger partial charge in [-0.05, 0) is 31.6 Å². The van der Waals surface area contributed by atoms with Crippen LogP contribution in [0.15, 0.2) is 0 Å². The molecule has 0 bridgehead atoms. The van der Waals surface area contributed by atoms with Gasteiger partial charge in [0.05, 0.1) is 5.92 Å². The molecule has 0 aromatic heterocycles. The monoisotopic (exact) mass is 168 g/mol. The Hall–Kier alpha value is -0.530. The predicted molar refractivity (Wildman–Crippen MR) is 45.5 cm³/mol. The summed E-state index contributed by atoms with van der Waals surface area (Å²) in [5.41, 5.74) is -0.112. The molecule has 0 spiro atoms. The van der Waals surface area contributed by atoms with Crippen LogP contribution in [0.2, 0.25) is 0 Å². The summed E-state index contributed by atoms with van der Waals surface area (Å²) in [5, 5.41) is 0. The first kappa shape index (κ1) is 8.09. The van der Waals surface area contributed by atoms with Crippen molar-refractivity contribution in [2.75, 3.05) is 0 Å². The maximum absolute atomic E-state index is 11.4. The fourth-order valence-corrected chi connectivity index (χ4v) is 1.65. The molecule has 2 rings (SSSR count). The van der Waals surface area contributed by atoms with E-state index in [9.17, 15) is 4.79 Å². The summed E-state index contributed by atoms with van der Waals surface area (Å²) in [7, 11) is 0. The van der Waals surface area contributed by atoms with Crippen LogP contribution in [0.4, 0.5) is 0 Å². The van der Waals surface area contributed by atoms with E-state index in [1.165, 1.54) is 0 Å². The smallest absolute Gasteiger partial charge is 0.309 e. The standard InChI is InChI=1S/C10H16O2/c1-6-4-8(6)9(11)12-10(3)5-7(10)2/h6-8H,4-5H2,1-3H3/t6-,7?,8-,10?/m1/s1. The number of hydrogen-bond acceptors (Lipinski definition) is 2. The summed E-state index contributed by atoms with van der Waals surface area (Å²) < 4.78 is 5.42. The van der Waals surface area contributed by atoms with Gasteiger partial charge in [-0.15, -0.1) is 0 Å². The van der Waals surface area contributed by atoms with Gasteiger partial charge in [0.2, 0.25) is 0 Å². The second-order valence-corrected chi connectivity index (χ2v) is 4.66. The molecule has 0 amide bonds. The van der Waals surface area contributed by atoms with Crippen molar-refractivity contribution in [3.8, 4) is 0 Å². The van der Waals surface area contributed by atoms with Gasteiger partial charge in [-0.3, -0.25) is 4.79 Å². The van der Waals surface area contributed by atoms with Crippen LogP contribution < -0.4 is 0 Å². The van der Waals surface area contributed by atoms with Gasteiger partial charge in [-0.25, -0.2) is 0 Å². The molecule has 2 heteroatoms. The number of hydrogen-bond donors (Lipinski definition) is 0. The van der Waals surface area contributed by atoms with Crippen LogP contribution in [0.5, 0.6) is 0 Å². The van der Waals surface area contributed by atoms with E-state index < -0.39 is 0 Å². The van der Waals surface area contributed by atoms with Crippen molar-refractivity contribution in [3.63, 3.8) is 0 Å². The van der Waals surface area contributed by atoms with Gasteiger partial charge >= 0.3 is 5.97 Å². The molecular formula is C10H16O2. The van der Waals surface area contributed by atoms with Crippen LogP contribution >= 0.6 is 0 Å². The first-order valence-corrected chi connectivity index (χ1v) is 4.76. The minimum atomic E-state index is -0.112. The van der Waals surface area contributed by atoms with Crippen LogP contribution in [-0.4, -0.2) is 11.6 Å². The summed E-state index contributed by atoms with van der Waals surface area (Å²) in [4.78, 5) is 11.4. The Morgan fingerprint density at radius 3 is 2.33 bits per heavy atom. The van der Waals surface area contributed by atoms with Crippen molar-refractivity contribution >= 4 is 5.97 Å². The summed E-state index contributed by atoms with van der Waals surface area (Å²) in [5.74, 6) is 1.38. The lowest BCUT2D eigenvalue weighted by atomic mass is 10.3. The molecule has 2 aliphatic rings. The normalized spacial score (nSPS) is 50.1. The zero-order chi connectivity index (χ0) is 8.93. The highest BCUT2D eigenvalue weighted by molar-refractivity contribution is 5.76. The average molecular weight is 168 g/mol. The van der Waals surface area contributed by atoms with Crippen LogP contribution in [0.3, 0.4) is 0 Å². The maximum atomic E-state index is 11.4. The number of carbonyl (C=O) groups excluding carboxylic acids is 1. The Morgan fingerprint density at radius 2 is 2.00 bits per heavy atom. The summed E-state index contributed by atoms with van der Waals surface area (Å²) in [6.07, 6.45) is 2.07. The molecule has 12 heavy (non-hydrogen) atoms. The third kappa shape index (κ3) is 1.23. The second-order valence-electron chi connectivity index (χ2n) is 4.66. The maximum Gasteiger partial charge on any atom is 0.309 e. The Labute approximate surface area is 73.3 Å². The third-order valence-corrected chi connectivity index (χ3v) is 3.34. The van der Waals surface area contributed by atoms with E-state index in [1.54, 1.807) is 0 Å². The molecule has 2 unspecified atom stereocenters. The fourth-order valence-electron chi connectivity index (χ4n) is 1.65. The quantitative estimate of drug-likeness (QED) is 0.589. The highest BCUT2D eigenvalue weighted by Gasteiger charge is 2.53. The Kier molecular flexibility index (Phi) is 1.51. The van der Waals surface area contributed by atoms with Gasteiger partial charge in [0.15, 0.2) is 0 Å². The van der Waals surface area contributed by atoms with E-state index in [1.807, 2.05) is 6.92 Å². The topological polar surface area (TPSA) is 26.3 Å². The van der Waals surface area contributed by atoms with E-state index in [-0.39, 0.29) is 17.5 Å². The van der Waals surface area contributed by atoms with E-state index in [0.717, 1.165) is 12.8 Å². The number of ether oxygens (including phenoxy) is 1. The van der Waals surface area contributed by atoms with Crippen LogP contribution in [0, 0.1) is 17.8 Å². The van der Waals surface area contributed by atoms with Gasteiger partial charge < -0.3 is 4.74 Å². The predicted octanol–water partition coefficient (Wildman–Crippen LogP) is 1.98. The Morgan fingerprint density at radius 1 is 1.50 bits per heavy atom. The van der Waals surface area contributed by atoms with Crippen molar-refractivity contribution in [2.24, 2.45) is 17.8 Å². The van der Waals surface area contributed by atoms with Gasteiger partial charge in [-0.2, -0.15) is 0 Å². The fraction of sp³-hybridized carbons (Fsp3) is 0.900. The molecule has 0 aliphatic heterocycles. The van der Waals surface area contributed by atoms with Crippen molar-refractivity contribution in [2.45, 2.75) is 39.2 Å².